The molecule has 3 aromatic rings. The first-order valence-electron chi connectivity index (χ1n) is 6.82. The van der Waals surface area contributed by atoms with Gasteiger partial charge >= 0.3 is 6.01 Å². The Morgan fingerprint density at radius 2 is 1.81 bits per heavy atom. The van der Waals surface area contributed by atoms with Crippen molar-refractivity contribution in [2.75, 3.05) is 24.8 Å². The van der Waals surface area contributed by atoms with Gasteiger partial charge in [0.15, 0.2) is 0 Å². The number of hydrogen-bond donors (Lipinski definition) is 0. The molecule has 0 spiro atoms. The van der Waals surface area contributed by atoms with Crippen LogP contribution in [0.25, 0.3) is 11.0 Å². The maximum Gasteiger partial charge on any atom is 0.336 e. The highest BCUT2D eigenvalue weighted by molar-refractivity contribution is 7.92. The van der Waals surface area contributed by atoms with Gasteiger partial charge in [-0.05, 0) is 6.07 Å². The van der Waals surface area contributed by atoms with Gasteiger partial charge in [-0.1, -0.05) is 28.3 Å². The van der Waals surface area contributed by atoms with Crippen molar-refractivity contribution in [2.24, 2.45) is 0 Å². The molecule has 26 heavy (non-hydrogen) atoms. The van der Waals surface area contributed by atoms with E-state index in [2.05, 4.69) is 20.2 Å². The minimum absolute atomic E-state index is 0.0265. The van der Waals surface area contributed by atoms with Crippen LogP contribution in [0.5, 0.6) is 11.8 Å². The minimum atomic E-state index is -3.95. The standard InChI is InChI=1S/C13H11Cl2N5O5S/c1-23-11-12(24-2)18-9-7(17-11)4-6(14)8(15)10(9)20(26(3,21)22)13-19-16-5-25-13/h4-5H,1-3H3. The molecule has 0 amide bonds. The Kier molecular flexibility index (Phi) is 4.78. The van der Waals surface area contributed by atoms with E-state index in [1.807, 2.05) is 0 Å². The van der Waals surface area contributed by atoms with Crippen LogP contribution < -0.4 is 13.8 Å². The van der Waals surface area contributed by atoms with Crippen LogP contribution in [0.2, 0.25) is 10.0 Å². The zero-order valence-electron chi connectivity index (χ0n) is 13.6. The quantitative estimate of drug-likeness (QED) is 0.613. The highest BCUT2D eigenvalue weighted by Gasteiger charge is 2.31. The molecular formula is C13H11Cl2N5O5S. The highest BCUT2D eigenvalue weighted by atomic mass is 35.5. The molecule has 0 bridgehead atoms. The van der Waals surface area contributed by atoms with Crippen molar-refractivity contribution in [3.8, 4) is 11.8 Å². The number of nitrogens with zero attached hydrogens (tertiary/aromatic N) is 5. The van der Waals surface area contributed by atoms with Crippen LogP contribution in [0.3, 0.4) is 0 Å². The van der Waals surface area contributed by atoms with Crippen LogP contribution in [0, 0.1) is 0 Å². The van der Waals surface area contributed by atoms with Crippen molar-refractivity contribution in [1.82, 2.24) is 20.2 Å². The summed E-state index contributed by atoms with van der Waals surface area (Å²) >= 11 is 12.4. The first kappa shape index (κ1) is 18.4. The summed E-state index contributed by atoms with van der Waals surface area (Å²) in [6.45, 7) is 0. The molecule has 0 fully saturated rings. The van der Waals surface area contributed by atoms with Crippen molar-refractivity contribution in [2.45, 2.75) is 0 Å². The monoisotopic (exact) mass is 419 g/mol. The second-order valence-corrected chi connectivity index (χ2v) is 7.50. The molecule has 10 nitrogen and oxygen atoms in total. The molecule has 0 aliphatic heterocycles. The summed E-state index contributed by atoms with van der Waals surface area (Å²) in [7, 11) is -1.20. The lowest BCUT2D eigenvalue weighted by Crippen LogP contribution is -2.26. The SMILES string of the molecule is COc1nc2cc(Cl)c(Cl)c(N(c3nnco3)S(C)(=O)=O)c2nc1OC. The van der Waals surface area contributed by atoms with Gasteiger partial charge < -0.3 is 13.9 Å². The van der Waals surface area contributed by atoms with Crippen LogP contribution in [-0.2, 0) is 10.0 Å². The summed E-state index contributed by atoms with van der Waals surface area (Å²) in [5, 5.41) is 7.09. The van der Waals surface area contributed by atoms with Crippen LogP contribution in [-0.4, -0.2) is 49.1 Å². The first-order valence-corrected chi connectivity index (χ1v) is 9.42. The van der Waals surface area contributed by atoms with E-state index in [1.54, 1.807) is 0 Å². The molecule has 0 unspecified atom stereocenters. The van der Waals surface area contributed by atoms with Crippen LogP contribution in [0.4, 0.5) is 11.7 Å². The normalized spacial score (nSPS) is 11.6. The van der Waals surface area contributed by atoms with Crippen molar-refractivity contribution in [3.05, 3.63) is 22.5 Å². The molecule has 13 heteroatoms. The molecule has 0 N–H and O–H groups in total. The van der Waals surface area contributed by atoms with E-state index in [4.69, 9.17) is 37.1 Å². The number of fused-ring (bicyclic) bond motifs is 1. The predicted octanol–water partition coefficient (Wildman–Crippen LogP) is 2.43. The number of benzene rings is 1. The summed E-state index contributed by atoms with van der Waals surface area (Å²) in [5.74, 6) is 0.117. The topological polar surface area (TPSA) is 121 Å². The molecular weight excluding hydrogens is 409 g/mol. The second-order valence-electron chi connectivity index (χ2n) is 4.88. The number of anilines is 2. The Labute approximate surface area is 157 Å². The zero-order chi connectivity index (χ0) is 19.1. The Hall–Kier alpha value is -2.37. The van der Waals surface area contributed by atoms with Crippen LogP contribution in [0.15, 0.2) is 16.9 Å². The number of hydrogen-bond acceptors (Lipinski definition) is 9. The average molecular weight is 420 g/mol. The number of rotatable bonds is 5. The van der Waals surface area contributed by atoms with Gasteiger partial charge in [-0.2, -0.15) is 4.31 Å². The molecule has 0 saturated heterocycles. The second kappa shape index (κ2) is 6.74. The Morgan fingerprint density at radius 1 is 1.15 bits per heavy atom. The van der Waals surface area contributed by atoms with Crippen molar-refractivity contribution >= 4 is 56.0 Å². The van der Waals surface area contributed by atoms with Gasteiger partial charge in [-0.3, -0.25) is 0 Å². The maximum absolute atomic E-state index is 12.4. The Morgan fingerprint density at radius 3 is 2.35 bits per heavy atom. The zero-order valence-corrected chi connectivity index (χ0v) is 15.9. The lowest BCUT2D eigenvalue weighted by atomic mass is 10.2. The lowest BCUT2D eigenvalue weighted by molar-refractivity contribution is 0.334. The van der Waals surface area contributed by atoms with Gasteiger partial charge in [0.1, 0.15) is 11.2 Å². The van der Waals surface area contributed by atoms with Crippen LogP contribution >= 0.6 is 23.2 Å². The molecule has 0 aliphatic rings. The molecule has 0 aliphatic carbocycles. The van der Waals surface area contributed by atoms with Gasteiger partial charge in [-0.25, -0.2) is 18.4 Å². The molecule has 0 saturated carbocycles. The fourth-order valence-corrected chi connectivity index (χ4v) is 3.55. The van der Waals surface area contributed by atoms with Crippen LogP contribution in [0.1, 0.15) is 0 Å². The smallest absolute Gasteiger partial charge is 0.336 e. The van der Waals surface area contributed by atoms with Gasteiger partial charge in [-0.15, -0.1) is 5.10 Å². The summed E-state index contributed by atoms with van der Waals surface area (Å²) < 4.78 is 40.8. The number of ether oxygens (including phenoxy) is 2. The summed E-state index contributed by atoms with van der Waals surface area (Å²) in [4.78, 5) is 8.49. The third-order valence-corrected chi connectivity index (χ3v) is 4.99. The van der Waals surface area contributed by atoms with Gasteiger partial charge in [0.25, 0.3) is 11.8 Å². The molecule has 3 rings (SSSR count). The van der Waals surface area contributed by atoms with E-state index in [1.165, 1.54) is 20.3 Å². The third-order valence-electron chi connectivity index (χ3n) is 3.21. The van der Waals surface area contributed by atoms with E-state index in [0.29, 0.717) is 0 Å². The van der Waals surface area contributed by atoms with Crippen molar-refractivity contribution in [1.29, 1.82) is 0 Å². The number of sulfonamides is 1. The fraction of sp³-hybridized carbons (Fsp3) is 0.231. The molecule has 1 aromatic carbocycles. The average Bonchev–Trinajstić information content (AvgIpc) is 3.10. The number of halogens is 2. The molecule has 138 valence electrons. The summed E-state index contributed by atoms with van der Waals surface area (Å²) in [6, 6.07) is 1.08. The van der Waals surface area contributed by atoms with Gasteiger partial charge in [0, 0.05) is 0 Å². The van der Waals surface area contributed by atoms with E-state index in [0.717, 1.165) is 17.0 Å². The molecule has 0 atom stereocenters. The van der Waals surface area contributed by atoms with E-state index in [9.17, 15) is 8.42 Å². The van der Waals surface area contributed by atoms with E-state index in [-0.39, 0.29) is 44.5 Å². The molecule has 2 heterocycles. The maximum atomic E-state index is 12.4. The number of methoxy groups -OCH3 is 2. The summed E-state index contributed by atoms with van der Waals surface area (Å²) in [5.41, 5.74) is 0.204. The fourth-order valence-electron chi connectivity index (χ4n) is 2.20. The largest absolute Gasteiger partial charge is 0.477 e. The Bertz CT molecular complexity index is 1070. The number of aromatic nitrogens is 4. The Balaban J connectivity index is 2.45. The third kappa shape index (κ3) is 3.08. The lowest BCUT2D eigenvalue weighted by Gasteiger charge is -2.21. The molecule has 0 radical (unpaired) electrons. The van der Waals surface area contributed by atoms with Crippen molar-refractivity contribution < 1.29 is 22.3 Å². The molecule has 2 aromatic heterocycles. The van der Waals surface area contributed by atoms with E-state index < -0.39 is 10.0 Å². The van der Waals surface area contributed by atoms with E-state index >= 15 is 0 Å². The highest BCUT2D eigenvalue weighted by Crippen LogP contribution is 2.43. The minimum Gasteiger partial charge on any atom is -0.477 e. The van der Waals surface area contributed by atoms with Gasteiger partial charge in [0.2, 0.25) is 16.4 Å². The van der Waals surface area contributed by atoms with Gasteiger partial charge in [0.05, 0.1) is 36.0 Å². The summed E-state index contributed by atoms with van der Waals surface area (Å²) in [6.07, 6.45) is 1.91. The van der Waals surface area contributed by atoms with Crippen molar-refractivity contribution in [3.63, 3.8) is 0 Å². The predicted molar refractivity (Wildman–Crippen MR) is 93.9 cm³/mol. The first-order chi connectivity index (χ1) is 12.3.